The number of nitrogens with zero attached hydrogens (tertiary/aromatic N) is 3. The Balaban J connectivity index is 1.27. The van der Waals surface area contributed by atoms with Gasteiger partial charge in [0.25, 0.3) is 11.8 Å². The third-order valence-corrected chi connectivity index (χ3v) is 7.84. The van der Waals surface area contributed by atoms with Gasteiger partial charge in [0.15, 0.2) is 0 Å². The fourth-order valence-electron chi connectivity index (χ4n) is 5.53. The van der Waals surface area contributed by atoms with Crippen LogP contribution in [0.25, 0.3) is 0 Å². The molecule has 2 aromatic carbocycles. The number of piperidine rings is 1. The summed E-state index contributed by atoms with van der Waals surface area (Å²) in [7, 11) is 1.86. The zero-order chi connectivity index (χ0) is 26.7. The number of hydrogen-bond donors (Lipinski definition) is 2. The second kappa shape index (κ2) is 10.7. The fraction of sp³-hybridized carbons (Fsp3) is 0.333. The zero-order valence-electron chi connectivity index (χ0n) is 21.7. The Bertz CT molecular complexity index is 1350. The number of anilines is 1. The van der Waals surface area contributed by atoms with E-state index in [1.165, 1.54) is 6.20 Å². The normalized spacial score (nSPS) is 16.6. The van der Waals surface area contributed by atoms with Crippen LogP contribution >= 0.6 is 0 Å². The van der Waals surface area contributed by atoms with Crippen molar-refractivity contribution in [2.75, 3.05) is 32.0 Å². The highest BCUT2D eigenvalue weighted by atomic mass is 16.2. The number of nitrogens with one attached hydrogen (secondary N) is 1. The summed E-state index contributed by atoms with van der Waals surface area (Å²) in [6.45, 7) is 2.53. The summed E-state index contributed by atoms with van der Waals surface area (Å²) in [5.41, 5.74) is 9.69. The fourth-order valence-corrected chi connectivity index (χ4v) is 5.53. The summed E-state index contributed by atoms with van der Waals surface area (Å²) >= 11 is 0. The second-order valence-electron chi connectivity index (χ2n) is 10.4. The van der Waals surface area contributed by atoms with E-state index in [0.717, 1.165) is 42.6 Å². The number of benzene rings is 2. The van der Waals surface area contributed by atoms with Crippen LogP contribution in [0.2, 0.25) is 0 Å². The van der Waals surface area contributed by atoms with E-state index in [1.54, 1.807) is 0 Å². The van der Waals surface area contributed by atoms with Crippen LogP contribution in [-0.4, -0.2) is 59.2 Å². The quantitative estimate of drug-likeness (QED) is 0.505. The van der Waals surface area contributed by atoms with Crippen LogP contribution in [0, 0.1) is 5.41 Å². The van der Waals surface area contributed by atoms with E-state index in [4.69, 9.17) is 5.73 Å². The molecule has 0 unspecified atom stereocenters. The van der Waals surface area contributed by atoms with Gasteiger partial charge in [-0.3, -0.25) is 19.4 Å². The molecule has 0 radical (unpaired) electrons. The van der Waals surface area contributed by atoms with Gasteiger partial charge < -0.3 is 20.9 Å². The van der Waals surface area contributed by atoms with Crippen molar-refractivity contribution in [1.29, 1.82) is 0 Å². The molecule has 5 rings (SSSR count). The Morgan fingerprint density at radius 3 is 2.37 bits per heavy atom. The second-order valence-corrected chi connectivity index (χ2v) is 10.4. The Morgan fingerprint density at radius 2 is 1.68 bits per heavy atom. The minimum absolute atomic E-state index is 0.0113. The van der Waals surface area contributed by atoms with Crippen LogP contribution < -0.4 is 11.1 Å². The van der Waals surface area contributed by atoms with Gasteiger partial charge in [-0.25, -0.2) is 0 Å². The highest BCUT2D eigenvalue weighted by Crippen LogP contribution is 2.41. The Labute approximate surface area is 222 Å². The zero-order valence-corrected chi connectivity index (χ0v) is 21.7. The highest BCUT2D eigenvalue weighted by molar-refractivity contribution is 5.98. The number of carbonyl (C=O) groups excluding carboxylic acids is 3. The van der Waals surface area contributed by atoms with Crippen molar-refractivity contribution in [1.82, 2.24) is 14.8 Å². The minimum Gasteiger partial charge on any atom is -0.380 e. The molecular formula is C30H33N5O3. The number of hydrogen-bond acceptors (Lipinski definition) is 5. The Kier molecular flexibility index (Phi) is 7.13. The van der Waals surface area contributed by atoms with Crippen molar-refractivity contribution in [2.45, 2.75) is 32.2 Å². The third kappa shape index (κ3) is 5.25. The van der Waals surface area contributed by atoms with Crippen LogP contribution in [0.3, 0.4) is 0 Å². The first-order valence-corrected chi connectivity index (χ1v) is 13.0. The minimum atomic E-state index is -0.540. The van der Waals surface area contributed by atoms with Gasteiger partial charge in [0.05, 0.1) is 16.7 Å². The topological polar surface area (TPSA) is 109 Å². The van der Waals surface area contributed by atoms with Crippen molar-refractivity contribution in [2.24, 2.45) is 11.1 Å². The lowest BCUT2D eigenvalue weighted by atomic mass is 9.77. The largest absolute Gasteiger partial charge is 0.380 e. The van der Waals surface area contributed by atoms with Crippen LogP contribution in [0.4, 0.5) is 5.69 Å². The van der Waals surface area contributed by atoms with Crippen LogP contribution in [0.5, 0.6) is 0 Å². The summed E-state index contributed by atoms with van der Waals surface area (Å²) in [5.74, 6) is -0.330. The summed E-state index contributed by atoms with van der Waals surface area (Å²) in [6, 6.07) is 19.3. The molecule has 3 N–H and O–H groups in total. The average molecular weight is 512 g/mol. The molecule has 2 aliphatic rings. The van der Waals surface area contributed by atoms with E-state index < -0.39 is 5.91 Å². The van der Waals surface area contributed by atoms with Crippen LogP contribution in [0.15, 0.2) is 66.9 Å². The average Bonchev–Trinajstić information content (AvgIpc) is 3.21. The lowest BCUT2D eigenvalue weighted by Crippen LogP contribution is -2.46. The van der Waals surface area contributed by atoms with Gasteiger partial charge in [0.2, 0.25) is 5.91 Å². The van der Waals surface area contributed by atoms with Gasteiger partial charge in [0.1, 0.15) is 0 Å². The number of nitrogens with two attached hydrogens (primary N) is 1. The molecule has 196 valence electrons. The van der Waals surface area contributed by atoms with Crippen molar-refractivity contribution >= 4 is 23.4 Å². The molecule has 8 heteroatoms. The first-order valence-electron chi connectivity index (χ1n) is 13.0. The Morgan fingerprint density at radius 1 is 0.974 bits per heavy atom. The van der Waals surface area contributed by atoms with E-state index in [0.29, 0.717) is 42.9 Å². The SMILES string of the molecule is CN1CCC2(CCN(C(=O)c3cccc(Cc4cc(NCc5ccccc5)c(C(N)=O)cn4)c3)CC2)C1=O. The van der Waals surface area contributed by atoms with Gasteiger partial charge in [-0.15, -0.1) is 0 Å². The van der Waals surface area contributed by atoms with Gasteiger partial charge in [-0.1, -0.05) is 42.5 Å². The lowest BCUT2D eigenvalue weighted by Gasteiger charge is -2.37. The highest BCUT2D eigenvalue weighted by Gasteiger charge is 2.47. The summed E-state index contributed by atoms with van der Waals surface area (Å²) < 4.78 is 0. The Hall–Kier alpha value is -4.20. The molecule has 2 fully saturated rings. The number of rotatable bonds is 7. The molecule has 38 heavy (non-hydrogen) atoms. The number of pyridine rings is 1. The number of amides is 3. The maximum Gasteiger partial charge on any atom is 0.253 e. The smallest absolute Gasteiger partial charge is 0.253 e. The molecule has 2 saturated heterocycles. The van der Waals surface area contributed by atoms with Gasteiger partial charge in [0, 0.05) is 57.1 Å². The molecule has 3 heterocycles. The maximum atomic E-state index is 13.3. The monoisotopic (exact) mass is 511 g/mol. The van der Waals surface area contributed by atoms with E-state index in [-0.39, 0.29) is 17.2 Å². The lowest BCUT2D eigenvalue weighted by molar-refractivity contribution is -0.137. The van der Waals surface area contributed by atoms with E-state index in [2.05, 4.69) is 10.3 Å². The van der Waals surface area contributed by atoms with Crippen molar-refractivity contribution in [3.05, 3.63) is 94.8 Å². The van der Waals surface area contributed by atoms with Gasteiger partial charge in [-0.05, 0) is 48.6 Å². The molecule has 8 nitrogen and oxygen atoms in total. The van der Waals surface area contributed by atoms with Gasteiger partial charge >= 0.3 is 0 Å². The van der Waals surface area contributed by atoms with Crippen molar-refractivity contribution < 1.29 is 14.4 Å². The van der Waals surface area contributed by atoms with Crippen LogP contribution in [0.1, 0.15) is 56.8 Å². The summed E-state index contributed by atoms with van der Waals surface area (Å²) in [6.07, 6.45) is 4.33. The van der Waals surface area contributed by atoms with Crippen LogP contribution in [-0.2, 0) is 17.8 Å². The number of primary amides is 1. The predicted octanol–water partition coefficient (Wildman–Crippen LogP) is 3.47. The summed E-state index contributed by atoms with van der Waals surface area (Å²) in [4.78, 5) is 46.0. The number of aromatic nitrogens is 1. The molecule has 1 aromatic heterocycles. The molecule has 0 atom stereocenters. The van der Waals surface area contributed by atoms with E-state index in [1.807, 2.05) is 77.5 Å². The standard InChI is InChI=1S/C30H33N5O3/c1-34-13-10-30(29(34)38)11-14-35(15-12-30)28(37)23-9-5-8-22(16-23)17-24-18-26(25(20-32-24)27(31)36)33-19-21-6-3-2-4-7-21/h2-9,16,18,20H,10-15,17,19H2,1H3,(H2,31,36)(H,32,33). The maximum absolute atomic E-state index is 13.3. The molecule has 3 amide bonds. The first-order chi connectivity index (χ1) is 18.3. The predicted molar refractivity (Wildman–Crippen MR) is 146 cm³/mol. The number of carbonyl (C=O) groups is 3. The molecule has 2 aliphatic heterocycles. The third-order valence-electron chi connectivity index (χ3n) is 7.84. The summed E-state index contributed by atoms with van der Waals surface area (Å²) in [5, 5.41) is 3.31. The molecular weight excluding hydrogens is 478 g/mol. The first kappa shape index (κ1) is 25.4. The van der Waals surface area contributed by atoms with E-state index >= 15 is 0 Å². The van der Waals surface area contributed by atoms with Crippen molar-refractivity contribution in [3.63, 3.8) is 0 Å². The molecule has 0 saturated carbocycles. The van der Waals surface area contributed by atoms with E-state index in [9.17, 15) is 14.4 Å². The molecule has 1 spiro atoms. The molecule has 3 aromatic rings. The van der Waals surface area contributed by atoms with Gasteiger partial charge in [-0.2, -0.15) is 0 Å². The van der Waals surface area contributed by atoms with Crippen molar-refractivity contribution in [3.8, 4) is 0 Å². The molecule has 0 bridgehead atoms. The number of likely N-dealkylation sites (tertiary alicyclic amines) is 2. The molecule has 0 aliphatic carbocycles.